The number of carbonyl (C=O) groups excluding carboxylic acids is 3. The van der Waals surface area contributed by atoms with Crippen molar-refractivity contribution in [3.8, 4) is 5.75 Å². The van der Waals surface area contributed by atoms with Gasteiger partial charge in [0.2, 0.25) is 0 Å². The van der Waals surface area contributed by atoms with Gasteiger partial charge in [0.1, 0.15) is 11.3 Å². The summed E-state index contributed by atoms with van der Waals surface area (Å²) in [5.41, 5.74) is 1.04. The van der Waals surface area contributed by atoms with Gasteiger partial charge in [0.15, 0.2) is 0 Å². The van der Waals surface area contributed by atoms with Crippen LogP contribution in [-0.4, -0.2) is 59.9 Å². The summed E-state index contributed by atoms with van der Waals surface area (Å²) in [5, 5.41) is 10.2. The molecule has 24 heavy (non-hydrogen) atoms. The molecule has 0 aromatic heterocycles. The molecule has 1 saturated heterocycles. The standard InChI is InChI=1S/C17H21N3O4/c1-5-20(6-2)12-8-7-11(14(21)10-12)9-13-15(22)18(3)17(24)19(4)16(13)23/h7-10,21H,5-6H2,1-4H3. The lowest BCUT2D eigenvalue weighted by Gasteiger charge is -2.29. The van der Waals surface area contributed by atoms with Gasteiger partial charge < -0.3 is 10.0 Å². The van der Waals surface area contributed by atoms with Crippen LogP contribution in [0.5, 0.6) is 5.75 Å². The second-order valence-electron chi connectivity index (χ2n) is 5.48. The van der Waals surface area contributed by atoms with Crippen molar-refractivity contribution < 1.29 is 19.5 Å². The van der Waals surface area contributed by atoms with Crippen LogP contribution in [0.15, 0.2) is 23.8 Å². The van der Waals surface area contributed by atoms with Gasteiger partial charge in [0, 0.05) is 44.5 Å². The molecule has 0 radical (unpaired) electrons. The average Bonchev–Trinajstić information content (AvgIpc) is 2.58. The van der Waals surface area contributed by atoms with Crippen molar-refractivity contribution in [1.29, 1.82) is 0 Å². The number of benzene rings is 1. The predicted octanol–water partition coefficient (Wildman–Crippen LogP) is 1.67. The molecule has 0 saturated carbocycles. The highest BCUT2D eigenvalue weighted by Gasteiger charge is 2.37. The van der Waals surface area contributed by atoms with Crippen molar-refractivity contribution in [1.82, 2.24) is 9.80 Å². The highest BCUT2D eigenvalue weighted by atomic mass is 16.3. The fraction of sp³-hybridized carbons (Fsp3) is 0.353. The summed E-state index contributed by atoms with van der Waals surface area (Å²) in [6.07, 6.45) is 1.31. The summed E-state index contributed by atoms with van der Waals surface area (Å²) in [7, 11) is 2.62. The lowest BCUT2D eigenvalue weighted by molar-refractivity contribution is -0.134. The lowest BCUT2D eigenvalue weighted by Crippen LogP contribution is -2.52. The number of amides is 4. The van der Waals surface area contributed by atoms with Crippen LogP contribution in [0, 0.1) is 0 Å². The highest BCUT2D eigenvalue weighted by molar-refractivity contribution is 6.30. The van der Waals surface area contributed by atoms with Crippen LogP contribution < -0.4 is 4.90 Å². The van der Waals surface area contributed by atoms with Gasteiger partial charge in [-0.25, -0.2) is 4.79 Å². The summed E-state index contributed by atoms with van der Waals surface area (Å²) in [4.78, 5) is 39.9. The Kier molecular flexibility index (Phi) is 4.92. The third kappa shape index (κ3) is 2.97. The highest BCUT2D eigenvalue weighted by Crippen LogP contribution is 2.28. The summed E-state index contributed by atoms with van der Waals surface area (Å²) in [5.74, 6) is -1.40. The van der Waals surface area contributed by atoms with Gasteiger partial charge in [-0.05, 0) is 32.1 Å². The number of hydrogen-bond donors (Lipinski definition) is 1. The Morgan fingerprint density at radius 2 is 1.58 bits per heavy atom. The minimum Gasteiger partial charge on any atom is -0.507 e. The maximum atomic E-state index is 12.2. The lowest BCUT2D eigenvalue weighted by atomic mass is 10.1. The molecule has 0 aliphatic carbocycles. The monoisotopic (exact) mass is 331 g/mol. The maximum absolute atomic E-state index is 12.2. The molecule has 0 spiro atoms. The molecule has 7 heteroatoms. The molecule has 1 aliphatic heterocycles. The van der Waals surface area contributed by atoms with Crippen LogP contribution in [0.1, 0.15) is 19.4 Å². The van der Waals surface area contributed by atoms with E-state index in [0.717, 1.165) is 28.6 Å². The van der Waals surface area contributed by atoms with E-state index in [2.05, 4.69) is 4.90 Å². The van der Waals surface area contributed by atoms with Crippen molar-refractivity contribution in [2.45, 2.75) is 13.8 Å². The van der Waals surface area contributed by atoms with Gasteiger partial charge in [0.25, 0.3) is 11.8 Å². The number of barbiturate groups is 1. The quantitative estimate of drug-likeness (QED) is 0.670. The third-order valence-electron chi connectivity index (χ3n) is 4.09. The molecule has 0 unspecified atom stereocenters. The molecule has 0 bridgehead atoms. The fourth-order valence-electron chi connectivity index (χ4n) is 2.57. The maximum Gasteiger partial charge on any atom is 0.333 e. The molecule has 1 aromatic rings. The van der Waals surface area contributed by atoms with Gasteiger partial charge in [-0.2, -0.15) is 0 Å². The zero-order valence-corrected chi connectivity index (χ0v) is 14.2. The van der Waals surface area contributed by atoms with Gasteiger partial charge in [-0.1, -0.05) is 0 Å². The molecular formula is C17H21N3O4. The van der Waals surface area contributed by atoms with E-state index >= 15 is 0 Å². The topological polar surface area (TPSA) is 81.2 Å². The van der Waals surface area contributed by atoms with Crippen LogP contribution in [0.25, 0.3) is 6.08 Å². The van der Waals surface area contributed by atoms with Crippen molar-refractivity contribution in [2.75, 3.05) is 32.1 Å². The number of carbonyl (C=O) groups is 3. The Balaban J connectivity index is 2.42. The zero-order valence-electron chi connectivity index (χ0n) is 14.2. The Morgan fingerprint density at radius 3 is 2.04 bits per heavy atom. The second kappa shape index (κ2) is 6.74. The summed E-state index contributed by atoms with van der Waals surface area (Å²) < 4.78 is 0. The number of aromatic hydroxyl groups is 1. The van der Waals surface area contributed by atoms with E-state index in [-0.39, 0.29) is 11.3 Å². The van der Waals surface area contributed by atoms with Gasteiger partial charge in [-0.3, -0.25) is 19.4 Å². The van der Waals surface area contributed by atoms with Crippen molar-refractivity contribution in [3.05, 3.63) is 29.3 Å². The molecule has 7 nitrogen and oxygen atoms in total. The molecule has 128 valence electrons. The predicted molar refractivity (Wildman–Crippen MR) is 90.6 cm³/mol. The molecule has 4 amide bonds. The number of phenols is 1. The Hall–Kier alpha value is -2.83. The number of imide groups is 2. The van der Waals surface area contributed by atoms with Gasteiger partial charge in [0.05, 0.1) is 0 Å². The number of rotatable bonds is 4. The van der Waals surface area contributed by atoms with E-state index in [1.165, 1.54) is 20.2 Å². The number of likely N-dealkylation sites (N-methyl/N-ethyl adjacent to an activating group) is 2. The molecule has 0 atom stereocenters. The SMILES string of the molecule is CCN(CC)c1ccc(C=C2C(=O)N(C)C(=O)N(C)C2=O)c(O)c1. The van der Waals surface area contributed by atoms with E-state index < -0.39 is 17.8 Å². The number of nitrogens with zero attached hydrogens (tertiary/aromatic N) is 3. The molecule has 1 heterocycles. The Morgan fingerprint density at radius 1 is 1.04 bits per heavy atom. The fourth-order valence-corrected chi connectivity index (χ4v) is 2.57. The zero-order chi connectivity index (χ0) is 18.0. The van der Waals surface area contributed by atoms with Crippen LogP contribution in [0.4, 0.5) is 10.5 Å². The first kappa shape index (κ1) is 17.5. The first-order chi connectivity index (χ1) is 11.3. The smallest absolute Gasteiger partial charge is 0.333 e. The number of anilines is 1. The third-order valence-corrected chi connectivity index (χ3v) is 4.09. The number of urea groups is 1. The minimum absolute atomic E-state index is 0.0327. The second-order valence-corrected chi connectivity index (χ2v) is 5.48. The first-order valence-corrected chi connectivity index (χ1v) is 7.71. The van der Waals surface area contributed by atoms with Crippen molar-refractivity contribution in [3.63, 3.8) is 0 Å². The van der Waals surface area contributed by atoms with E-state index in [9.17, 15) is 19.5 Å². The van der Waals surface area contributed by atoms with Crippen LogP contribution in [0.3, 0.4) is 0 Å². The average molecular weight is 331 g/mol. The molecule has 1 aromatic carbocycles. The minimum atomic E-state index is -0.685. The molecule has 1 N–H and O–H groups in total. The molecule has 2 rings (SSSR count). The van der Waals surface area contributed by atoms with Gasteiger partial charge >= 0.3 is 6.03 Å². The summed E-state index contributed by atoms with van der Waals surface area (Å²) in [6, 6.07) is 4.38. The first-order valence-electron chi connectivity index (χ1n) is 7.71. The van der Waals surface area contributed by atoms with Crippen molar-refractivity contribution in [2.24, 2.45) is 0 Å². The number of hydrogen-bond acceptors (Lipinski definition) is 5. The van der Waals surface area contributed by atoms with E-state index in [1.807, 2.05) is 19.9 Å². The molecule has 1 aliphatic rings. The normalized spacial score (nSPS) is 15.2. The Labute approximate surface area is 140 Å². The number of phenolic OH excluding ortho intramolecular Hbond substituents is 1. The van der Waals surface area contributed by atoms with Crippen LogP contribution >= 0.6 is 0 Å². The summed E-state index contributed by atoms with van der Waals surface area (Å²) in [6.45, 7) is 5.62. The Bertz CT molecular complexity index is 697. The van der Waals surface area contributed by atoms with E-state index in [4.69, 9.17) is 0 Å². The van der Waals surface area contributed by atoms with Crippen molar-refractivity contribution >= 4 is 29.6 Å². The largest absolute Gasteiger partial charge is 0.507 e. The molecular weight excluding hydrogens is 310 g/mol. The molecule has 1 fully saturated rings. The van der Waals surface area contributed by atoms with Crippen LogP contribution in [-0.2, 0) is 9.59 Å². The van der Waals surface area contributed by atoms with E-state index in [1.54, 1.807) is 12.1 Å². The van der Waals surface area contributed by atoms with E-state index in [0.29, 0.717) is 5.56 Å². The van der Waals surface area contributed by atoms with Crippen LogP contribution in [0.2, 0.25) is 0 Å². The van der Waals surface area contributed by atoms with Gasteiger partial charge in [-0.15, -0.1) is 0 Å². The summed E-state index contributed by atoms with van der Waals surface area (Å²) >= 11 is 0.